The molecule has 1 aliphatic rings. The molecule has 0 aliphatic carbocycles. The third-order valence-electron chi connectivity index (χ3n) is 6.98. The summed E-state index contributed by atoms with van der Waals surface area (Å²) in [5, 5.41) is 20.5. The highest BCUT2D eigenvalue weighted by atomic mass is 35.5. The summed E-state index contributed by atoms with van der Waals surface area (Å²) in [6, 6.07) is 20.1. The van der Waals surface area contributed by atoms with Gasteiger partial charge in [-0.3, -0.25) is 15.0 Å². The van der Waals surface area contributed by atoms with Gasteiger partial charge in [-0.2, -0.15) is 5.26 Å². The minimum absolute atomic E-state index is 0.0895. The molecule has 4 N–H and O–H groups in total. The highest BCUT2D eigenvalue weighted by Crippen LogP contribution is 2.37. The number of rotatable bonds is 11. The second kappa shape index (κ2) is 12.9. The number of hydrogen-bond acceptors (Lipinski definition) is 9. The van der Waals surface area contributed by atoms with E-state index in [-0.39, 0.29) is 18.1 Å². The number of ether oxygens (including phenoxy) is 1. The first-order chi connectivity index (χ1) is 20.0. The minimum atomic E-state index is -0.254. The van der Waals surface area contributed by atoms with Crippen molar-refractivity contribution in [3.05, 3.63) is 107 Å². The van der Waals surface area contributed by atoms with Gasteiger partial charge in [-0.05, 0) is 49.6 Å². The zero-order valence-electron chi connectivity index (χ0n) is 23.2. The molecule has 2 aromatic heterocycles. The molecule has 4 aromatic rings. The number of nitrogens with zero attached hydrogens (tertiary/aromatic N) is 4. The molecule has 2 atom stereocenters. The molecule has 0 amide bonds. The number of pyridine rings is 2. The highest BCUT2D eigenvalue weighted by molar-refractivity contribution is 6.35. The summed E-state index contributed by atoms with van der Waals surface area (Å²) in [5.41, 5.74) is 12.0. The zero-order valence-corrected chi connectivity index (χ0v) is 24.0. The Bertz CT molecular complexity index is 1560. The Labute approximate surface area is 245 Å². The van der Waals surface area contributed by atoms with E-state index in [0.717, 1.165) is 27.9 Å². The van der Waals surface area contributed by atoms with Crippen LogP contribution in [0.3, 0.4) is 0 Å². The van der Waals surface area contributed by atoms with E-state index in [1.807, 2.05) is 59.9 Å². The minimum Gasteiger partial charge on any atom is -0.385 e. The average Bonchev–Trinajstić information content (AvgIpc) is 3.49. The van der Waals surface area contributed by atoms with Gasteiger partial charge in [-0.1, -0.05) is 48.0 Å². The molecule has 1 aliphatic heterocycles. The summed E-state index contributed by atoms with van der Waals surface area (Å²) in [6.07, 6.45) is 7.91. The molecule has 10 heteroatoms. The Kier molecular flexibility index (Phi) is 8.85. The molecule has 0 bridgehead atoms. The van der Waals surface area contributed by atoms with Crippen LogP contribution in [-0.4, -0.2) is 34.7 Å². The molecule has 0 spiro atoms. The van der Waals surface area contributed by atoms with Crippen molar-refractivity contribution in [3.63, 3.8) is 0 Å². The first kappa shape index (κ1) is 28.2. The van der Waals surface area contributed by atoms with Crippen molar-refractivity contribution in [1.29, 1.82) is 5.26 Å². The number of halogens is 1. The van der Waals surface area contributed by atoms with Crippen LogP contribution in [-0.2, 0) is 4.74 Å². The Morgan fingerprint density at radius 3 is 2.56 bits per heavy atom. The van der Waals surface area contributed by atoms with Gasteiger partial charge in [0.25, 0.3) is 0 Å². The molecule has 9 nitrogen and oxygen atoms in total. The summed E-state index contributed by atoms with van der Waals surface area (Å²) in [5.74, 6) is 0. The fourth-order valence-corrected chi connectivity index (χ4v) is 5.09. The topological polar surface area (TPSA) is 110 Å². The van der Waals surface area contributed by atoms with Crippen LogP contribution in [0.4, 0.5) is 11.4 Å². The Morgan fingerprint density at radius 1 is 1.07 bits per heavy atom. The maximum Gasteiger partial charge on any atom is 0.103 e. The predicted molar refractivity (Wildman–Crippen MR) is 163 cm³/mol. The van der Waals surface area contributed by atoms with Gasteiger partial charge in [0.05, 0.1) is 39.6 Å². The van der Waals surface area contributed by atoms with E-state index in [1.54, 1.807) is 19.5 Å². The van der Waals surface area contributed by atoms with E-state index < -0.39 is 0 Å². The molecular formula is C31H33ClN8O. The summed E-state index contributed by atoms with van der Waals surface area (Å²) in [7, 11) is 1.69. The van der Waals surface area contributed by atoms with E-state index in [0.29, 0.717) is 34.8 Å². The number of nitrogens with one attached hydrogen (secondary N) is 4. The van der Waals surface area contributed by atoms with Crippen molar-refractivity contribution in [2.75, 3.05) is 24.4 Å². The molecule has 0 unspecified atom stereocenters. The standard InChI is InChI=1S/C31H33ClN8O/c1-20(2)40-19-28(38-39-40)30(22-10-7-12-34-17-22)36-24-14-25-29(23(16-33)18-35-31(25)26(32)15-24)37-27(11-13-41-3)21-8-5-4-6-9-21/h4-10,12,14-15,17-20,27,30,36,38-39H,11,13H2,1-3H3,(H,35,37)/t27-,30+/m1/s1. The first-order valence-electron chi connectivity index (χ1n) is 13.5. The lowest BCUT2D eigenvalue weighted by atomic mass is 10.0. The van der Waals surface area contributed by atoms with E-state index in [9.17, 15) is 5.26 Å². The SMILES string of the molecule is COCC[C@@H](Nc1c(C#N)cnc2c(Cl)cc(N[C@H](C3=CN(C(C)C)NN3)c3cccnc3)cc12)c1ccccc1. The number of fused-ring (bicyclic) bond motifs is 1. The number of anilines is 2. The number of methoxy groups -OCH3 is 1. The average molecular weight is 569 g/mol. The lowest BCUT2D eigenvalue weighted by molar-refractivity contribution is 0.190. The van der Waals surface area contributed by atoms with Crippen LogP contribution in [0.5, 0.6) is 0 Å². The predicted octanol–water partition coefficient (Wildman–Crippen LogP) is 6.07. The van der Waals surface area contributed by atoms with Crippen LogP contribution in [0.2, 0.25) is 5.02 Å². The molecule has 0 saturated heterocycles. The molecule has 3 heterocycles. The number of nitriles is 1. The van der Waals surface area contributed by atoms with Crippen LogP contribution in [0, 0.1) is 11.3 Å². The maximum absolute atomic E-state index is 10.0. The Morgan fingerprint density at radius 2 is 1.88 bits per heavy atom. The molecule has 0 saturated carbocycles. The fraction of sp³-hybridized carbons (Fsp3) is 0.258. The zero-order chi connectivity index (χ0) is 28.8. The van der Waals surface area contributed by atoms with Crippen molar-refractivity contribution in [2.24, 2.45) is 0 Å². The van der Waals surface area contributed by atoms with E-state index in [4.69, 9.17) is 16.3 Å². The monoisotopic (exact) mass is 568 g/mol. The third kappa shape index (κ3) is 6.36. The van der Waals surface area contributed by atoms with Gasteiger partial charge >= 0.3 is 0 Å². The molecule has 210 valence electrons. The van der Waals surface area contributed by atoms with Crippen LogP contribution in [0.25, 0.3) is 10.9 Å². The molecule has 0 fully saturated rings. The second-order valence-electron chi connectivity index (χ2n) is 10.1. The fourth-order valence-electron chi connectivity index (χ4n) is 4.82. The van der Waals surface area contributed by atoms with E-state index >= 15 is 0 Å². The summed E-state index contributed by atoms with van der Waals surface area (Å²) < 4.78 is 5.40. The van der Waals surface area contributed by atoms with Gasteiger partial charge in [0, 0.05) is 55.6 Å². The van der Waals surface area contributed by atoms with Crippen LogP contribution < -0.4 is 21.6 Å². The van der Waals surface area contributed by atoms with Crippen LogP contribution in [0.15, 0.2) is 85.1 Å². The normalized spacial score (nSPS) is 14.3. The van der Waals surface area contributed by atoms with Gasteiger partial charge in [0.1, 0.15) is 6.07 Å². The maximum atomic E-state index is 10.0. The third-order valence-corrected chi connectivity index (χ3v) is 7.27. The molecular weight excluding hydrogens is 536 g/mol. The lowest BCUT2D eigenvalue weighted by Gasteiger charge is -2.24. The van der Waals surface area contributed by atoms with Crippen molar-refractivity contribution >= 4 is 33.9 Å². The number of aromatic nitrogens is 2. The first-order valence-corrected chi connectivity index (χ1v) is 13.9. The van der Waals surface area contributed by atoms with Gasteiger partial charge in [0.15, 0.2) is 0 Å². The molecule has 5 rings (SSSR count). The van der Waals surface area contributed by atoms with Crippen molar-refractivity contribution in [3.8, 4) is 6.07 Å². The largest absolute Gasteiger partial charge is 0.385 e. The lowest BCUT2D eigenvalue weighted by Crippen LogP contribution is -2.41. The van der Waals surface area contributed by atoms with Crippen LogP contribution in [0.1, 0.15) is 49.0 Å². The smallest absolute Gasteiger partial charge is 0.103 e. The summed E-state index contributed by atoms with van der Waals surface area (Å²) in [4.78, 5) is 8.88. The molecule has 41 heavy (non-hydrogen) atoms. The highest BCUT2D eigenvalue weighted by Gasteiger charge is 2.25. The van der Waals surface area contributed by atoms with Gasteiger partial charge in [-0.15, -0.1) is 5.53 Å². The summed E-state index contributed by atoms with van der Waals surface area (Å²) in [6.45, 7) is 4.77. The Hall–Kier alpha value is -4.36. The quantitative estimate of drug-likeness (QED) is 0.171. The van der Waals surface area contributed by atoms with E-state index in [1.165, 1.54) is 0 Å². The van der Waals surface area contributed by atoms with Gasteiger partial charge in [-0.25, -0.2) is 0 Å². The van der Waals surface area contributed by atoms with Crippen LogP contribution >= 0.6 is 11.6 Å². The summed E-state index contributed by atoms with van der Waals surface area (Å²) >= 11 is 6.82. The second-order valence-corrected chi connectivity index (χ2v) is 10.5. The number of hydrogen-bond donors (Lipinski definition) is 4. The van der Waals surface area contributed by atoms with Crippen molar-refractivity contribution in [2.45, 2.75) is 38.4 Å². The van der Waals surface area contributed by atoms with E-state index in [2.05, 4.69) is 63.6 Å². The molecule has 2 aromatic carbocycles. The Balaban J connectivity index is 1.57. The van der Waals surface area contributed by atoms with Crippen molar-refractivity contribution < 1.29 is 4.74 Å². The molecule has 0 radical (unpaired) electrons. The van der Waals surface area contributed by atoms with Crippen molar-refractivity contribution in [1.82, 2.24) is 25.9 Å². The number of hydrazine groups is 2. The number of benzene rings is 2. The van der Waals surface area contributed by atoms with Gasteiger partial charge in [0.2, 0.25) is 0 Å². The van der Waals surface area contributed by atoms with Gasteiger partial charge < -0.3 is 20.8 Å².